The van der Waals surface area contributed by atoms with Crippen molar-refractivity contribution in [1.82, 2.24) is 4.90 Å². The van der Waals surface area contributed by atoms with Gasteiger partial charge in [0.15, 0.2) is 0 Å². The molecule has 0 aromatic heterocycles. The highest BCUT2D eigenvalue weighted by atomic mass is 16.4. The van der Waals surface area contributed by atoms with Gasteiger partial charge in [-0.2, -0.15) is 0 Å². The highest BCUT2D eigenvalue weighted by molar-refractivity contribution is 5.95. The molecule has 5 heteroatoms. The average Bonchev–Trinajstić information content (AvgIpc) is 2.46. The lowest BCUT2D eigenvalue weighted by Crippen LogP contribution is -2.43. The summed E-state index contributed by atoms with van der Waals surface area (Å²) in [6, 6.07) is 7.88. The van der Waals surface area contributed by atoms with Crippen molar-refractivity contribution in [3.63, 3.8) is 0 Å². The van der Waals surface area contributed by atoms with E-state index in [0.29, 0.717) is 13.1 Å². The molecule has 0 bridgehead atoms. The maximum Gasteiger partial charge on any atom is 0.407 e. The molecule has 0 spiro atoms. The van der Waals surface area contributed by atoms with Gasteiger partial charge in [-0.3, -0.25) is 4.79 Å². The van der Waals surface area contributed by atoms with Crippen molar-refractivity contribution < 1.29 is 14.7 Å². The summed E-state index contributed by atoms with van der Waals surface area (Å²) in [6.45, 7) is 1.07. The second-order valence-corrected chi connectivity index (χ2v) is 5.56. The minimum absolute atomic E-state index is 0.0270. The second-order valence-electron chi connectivity index (χ2n) is 5.56. The van der Waals surface area contributed by atoms with Crippen LogP contribution in [0.4, 0.5) is 10.5 Å². The molecule has 2 heterocycles. The van der Waals surface area contributed by atoms with E-state index in [0.717, 1.165) is 24.9 Å². The Labute approximate surface area is 117 Å². The number of rotatable bonds is 1. The topological polar surface area (TPSA) is 69.6 Å². The van der Waals surface area contributed by atoms with E-state index in [4.69, 9.17) is 5.11 Å². The first-order valence-corrected chi connectivity index (χ1v) is 7.02. The first-order valence-electron chi connectivity index (χ1n) is 7.02. The lowest BCUT2D eigenvalue weighted by atomic mass is 9.78. The van der Waals surface area contributed by atoms with Crippen LogP contribution in [0.3, 0.4) is 0 Å². The number of carboxylic acid groups (broad SMARTS) is 1. The van der Waals surface area contributed by atoms with Gasteiger partial charge in [-0.1, -0.05) is 18.2 Å². The zero-order chi connectivity index (χ0) is 14.1. The van der Waals surface area contributed by atoms with E-state index in [1.807, 2.05) is 24.3 Å². The van der Waals surface area contributed by atoms with Crippen molar-refractivity contribution in [2.75, 3.05) is 18.4 Å². The molecule has 20 heavy (non-hydrogen) atoms. The molecule has 0 radical (unpaired) electrons. The number of nitrogens with one attached hydrogen (secondary N) is 1. The Morgan fingerprint density at radius 2 is 1.95 bits per heavy atom. The van der Waals surface area contributed by atoms with Crippen molar-refractivity contribution in [1.29, 1.82) is 0 Å². The van der Waals surface area contributed by atoms with Crippen LogP contribution in [-0.4, -0.2) is 35.1 Å². The van der Waals surface area contributed by atoms with Crippen LogP contribution in [0, 0.1) is 11.8 Å². The van der Waals surface area contributed by atoms with Gasteiger partial charge in [0.05, 0.1) is 0 Å². The number of para-hydroxylation sites is 1. The third-order valence-electron chi connectivity index (χ3n) is 4.43. The summed E-state index contributed by atoms with van der Waals surface area (Å²) in [5, 5.41) is 11.9. The van der Waals surface area contributed by atoms with Crippen LogP contribution in [0.25, 0.3) is 0 Å². The summed E-state index contributed by atoms with van der Waals surface area (Å²) in [6.07, 6.45) is 1.45. The molecule has 5 nitrogen and oxygen atoms in total. The summed E-state index contributed by atoms with van der Waals surface area (Å²) in [5.41, 5.74) is 2.09. The van der Waals surface area contributed by atoms with Crippen LogP contribution in [0.2, 0.25) is 0 Å². The second kappa shape index (κ2) is 5.15. The van der Waals surface area contributed by atoms with Crippen LogP contribution >= 0.6 is 0 Å². The first-order chi connectivity index (χ1) is 9.65. The molecule has 1 atom stereocenters. The number of anilines is 1. The molecule has 2 N–H and O–H groups in total. The lowest BCUT2D eigenvalue weighted by molar-refractivity contribution is -0.122. The SMILES string of the molecule is O=C1Nc2ccccc2CC1C1CCN(C(=O)O)CC1. The van der Waals surface area contributed by atoms with Gasteiger partial charge in [0.1, 0.15) is 0 Å². The molecule has 1 unspecified atom stereocenters. The Morgan fingerprint density at radius 3 is 2.65 bits per heavy atom. The Hall–Kier alpha value is -2.04. The zero-order valence-electron chi connectivity index (χ0n) is 11.2. The Kier molecular flexibility index (Phi) is 3.34. The summed E-state index contributed by atoms with van der Waals surface area (Å²) in [5.74, 6) is 0.331. The fourth-order valence-electron chi connectivity index (χ4n) is 3.25. The van der Waals surface area contributed by atoms with Gasteiger partial charge < -0.3 is 15.3 Å². The minimum atomic E-state index is -0.859. The van der Waals surface area contributed by atoms with E-state index in [9.17, 15) is 9.59 Å². The number of hydrogen-bond acceptors (Lipinski definition) is 2. The summed E-state index contributed by atoms with van der Waals surface area (Å²) < 4.78 is 0. The Morgan fingerprint density at radius 1 is 1.25 bits per heavy atom. The largest absolute Gasteiger partial charge is 0.465 e. The van der Waals surface area contributed by atoms with Gasteiger partial charge in [-0.25, -0.2) is 4.79 Å². The van der Waals surface area contributed by atoms with Crippen molar-refractivity contribution >= 4 is 17.7 Å². The van der Waals surface area contributed by atoms with E-state index in [1.165, 1.54) is 10.5 Å². The van der Waals surface area contributed by atoms with Crippen LogP contribution in [0.15, 0.2) is 24.3 Å². The third-order valence-corrected chi connectivity index (χ3v) is 4.43. The highest BCUT2D eigenvalue weighted by Gasteiger charge is 2.35. The summed E-state index contributed by atoms with van der Waals surface area (Å²) in [7, 11) is 0. The fraction of sp³-hybridized carbons (Fsp3) is 0.467. The summed E-state index contributed by atoms with van der Waals surface area (Å²) in [4.78, 5) is 24.6. The van der Waals surface area contributed by atoms with E-state index in [2.05, 4.69) is 5.32 Å². The molecule has 0 saturated carbocycles. The molecule has 2 amide bonds. The van der Waals surface area contributed by atoms with Gasteiger partial charge in [-0.05, 0) is 36.8 Å². The number of piperidine rings is 1. The fourth-order valence-corrected chi connectivity index (χ4v) is 3.25. The molecule has 1 aromatic rings. The Bertz CT molecular complexity index is 536. The van der Waals surface area contributed by atoms with E-state index in [1.54, 1.807) is 0 Å². The number of benzene rings is 1. The molecule has 1 saturated heterocycles. The molecule has 3 rings (SSSR count). The van der Waals surface area contributed by atoms with Gasteiger partial charge in [0.25, 0.3) is 0 Å². The molecule has 106 valence electrons. The number of fused-ring (bicyclic) bond motifs is 1. The predicted octanol–water partition coefficient (Wildman–Crippen LogP) is 2.19. The number of nitrogens with zero attached hydrogens (tertiary/aromatic N) is 1. The van der Waals surface area contributed by atoms with Crippen molar-refractivity contribution in [2.24, 2.45) is 11.8 Å². The highest BCUT2D eigenvalue weighted by Crippen LogP contribution is 2.34. The smallest absolute Gasteiger partial charge is 0.407 e. The number of hydrogen-bond donors (Lipinski definition) is 2. The van der Waals surface area contributed by atoms with Gasteiger partial charge in [0.2, 0.25) is 5.91 Å². The van der Waals surface area contributed by atoms with Gasteiger partial charge in [0, 0.05) is 24.7 Å². The molecule has 2 aliphatic heterocycles. The van der Waals surface area contributed by atoms with E-state index in [-0.39, 0.29) is 17.7 Å². The van der Waals surface area contributed by atoms with Crippen LogP contribution in [0.5, 0.6) is 0 Å². The molecule has 1 aromatic carbocycles. The predicted molar refractivity (Wildman–Crippen MR) is 74.6 cm³/mol. The molecule has 0 aliphatic carbocycles. The van der Waals surface area contributed by atoms with E-state index < -0.39 is 6.09 Å². The number of carbonyl (C=O) groups excluding carboxylic acids is 1. The van der Waals surface area contributed by atoms with Crippen molar-refractivity contribution in [3.05, 3.63) is 29.8 Å². The van der Waals surface area contributed by atoms with Crippen LogP contribution in [-0.2, 0) is 11.2 Å². The third kappa shape index (κ3) is 2.35. The summed E-state index contributed by atoms with van der Waals surface area (Å²) >= 11 is 0. The lowest BCUT2D eigenvalue weighted by Gasteiger charge is -2.36. The first kappa shape index (κ1) is 13.0. The maximum absolute atomic E-state index is 12.2. The van der Waals surface area contributed by atoms with E-state index >= 15 is 0 Å². The number of amides is 2. The average molecular weight is 274 g/mol. The number of carbonyl (C=O) groups is 2. The van der Waals surface area contributed by atoms with Gasteiger partial charge >= 0.3 is 6.09 Å². The molecular formula is C15H18N2O3. The molecule has 1 fully saturated rings. The van der Waals surface area contributed by atoms with Crippen molar-refractivity contribution in [2.45, 2.75) is 19.3 Å². The van der Waals surface area contributed by atoms with Crippen LogP contribution < -0.4 is 5.32 Å². The Balaban J connectivity index is 1.70. The normalized spacial score (nSPS) is 23.1. The molecule has 2 aliphatic rings. The zero-order valence-corrected chi connectivity index (χ0v) is 11.2. The van der Waals surface area contributed by atoms with Crippen LogP contribution in [0.1, 0.15) is 18.4 Å². The quantitative estimate of drug-likeness (QED) is 0.824. The molecular weight excluding hydrogens is 256 g/mol. The van der Waals surface area contributed by atoms with Gasteiger partial charge in [-0.15, -0.1) is 0 Å². The monoisotopic (exact) mass is 274 g/mol. The standard InChI is InChI=1S/C15H18N2O3/c18-14-12(9-11-3-1-2-4-13(11)16-14)10-5-7-17(8-6-10)15(19)20/h1-4,10,12H,5-9H2,(H,16,18)(H,19,20). The maximum atomic E-state index is 12.2. The van der Waals surface area contributed by atoms with Crippen molar-refractivity contribution in [3.8, 4) is 0 Å². The number of likely N-dealkylation sites (tertiary alicyclic amines) is 1. The minimum Gasteiger partial charge on any atom is -0.465 e.